The molecule has 0 unspecified atom stereocenters. The molecule has 4 fully saturated rings. The summed E-state index contributed by atoms with van der Waals surface area (Å²) >= 11 is 0. The average molecular weight is 601 g/mol. The Morgan fingerprint density at radius 1 is 1.14 bits per heavy atom. The van der Waals surface area contributed by atoms with Crippen LogP contribution < -0.4 is 0 Å². The normalized spacial score (nSPS) is 49.2. The maximum absolute atomic E-state index is 14.2. The molecule has 1 aliphatic carbocycles. The van der Waals surface area contributed by atoms with E-state index in [1.54, 1.807) is 13.0 Å². The maximum atomic E-state index is 14.2. The van der Waals surface area contributed by atoms with E-state index in [0.29, 0.717) is 30.8 Å². The van der Waals surface area contributed by atoms with E-state index in [2.05, 4.69) is 39.8 Å². The Bertz CT molecular complexity index is 1210. The molecule has 1 N–H and O–H groups in total. The van der Waals surface area contributed by atoms with Crippen molar-refractivity contribution < 1.29 is 43.1 Å². The number of ether oxygens (including phenoxy) is 6. The summed E-state index contributed by atoms with van der Waals surface area (Å²) < 4.78 is 37.7. The highest BCUT2D eigenvalue weighted by atomic mass is 16.7. The molecule has 43 heavy (non-hydrogen) atoms. The Labute approximate surface area is 254 Å². The fraction of sp³-hybridized carbons (Fsp3) is 0.765. The number of aliphatic hydroxyl groups is 1. The molecule has 9 nitrogen and oxygen atoms in total. The molecule has 5 heterocycles. The van der Waals surface area contributed by atoms with E-state index in [1.165, 1.54) is 12.5 Å². The van der Waals surface area contributed by atoms with Crippen LogP contribution in [0.3, 0.4) is 0 Å². The van der Waals surface area contributed by atoms with Crippen LogP contribution in [0.15, 0.2) is 35.5 Å². The zero-order valence-electron chi connectivity index (χ0n) is 26.4. The number of allylic oxidation sites excluding steroid dienone is 2. The van der Waals surface area contributed by atoms with Gasteiger partial charge in [-0.3, -0.25) is 9.59 Å². The fourth-order valence-corrected chi connectivity index (χ4v) is 8.27. The molecular weight excluding hydrogens is 552 g/mol. The standard InChI is InChI=1S/C34H48O9/c1-7-27-21(4)12-13-32(42-27)17-25-16-24(41-32)10-8-19(2)14-20(3)9-11-28-33(43-28)18-38-30-29(39-23(6)35)22(5)15-26(31(36)40-25)34(30,33)37/h8-9,11,15,20-21,24-30,37H,7,10,12-14,16-18H2,1-6H3/b11-9?,19-8-/t20-,21-,24+,25-,26-,27+,28-,29+,30+,32+,33+,34+/m0/s1. The van der Waals surface area contributed by atoms with Crippen LogP contribution in [0.1, 0.15) is 86.5 Å². The number of esters is 2. The summed E-state index contributed by atoms with van der Waals surface area (Å²) in [5.74, 6) is -2.24. The van der Waals surface area contributed by atoms with Gasteiger partial charge >= 0.3 is 11.9 Å². The van der Waals surface area contributed by atoms with Crippen molar-refractivity contribution in [3.63, 3.8) is 0 Å². The largest absolute Gasteiger partial charge is 0.462 e. The second-order valence-electron chi connectivity index (χ2n) is 14.0. The molecule has 0 aromatic heterocycles. The van der Waals surface area contributed by atoms with E-state index >= 15 is 0 Å². The van der Waals surface area contributed by atoms with Gasteiger partial charge in [-0.25, -0.2) is 0 Å². The third-order valence-electron chi connectivity index (χ3n) is 10.6. The smallest absolute Gasteiger partial charge is 0.316 e. The number of epoxide rings is 1. The topological polar surface area (TPSA) is 113 Å². The first-order valence-electron chi connectivity index (χ1n) is 16.2. The van der Waals surface area contributed by atoms with Gasteiger partial charge in [0.15, 0.2) is 17.5 Å². The first kappa shape index (κ1) is 31.0. The lowest BCUT2D eigenvalue weighted by Gasteiger charge is -2.50. The van der Waals surface area contributed by atoms with E-state index < -0.39 is 59.3 Å². The molecule has 6 aliphatic rings. The van der Waals surface area contributed by atoms with Gasteiger partial charge in [0.1, 0.15) is 29.8 Å². The molecule has 12 atom stereocenters. The Morgan fingerprint density at radius 2 is 1.93 bits per heavy atom. The van der Waals surface area contributed by atoms with Crippen LogP contribution in [0.2, 0.25) is 0 Å². The molecule has 238 valence electrons. The quantitative estimate of drug-likeness (QED) is 0.274. The van der Waals surface area contributed by atoms with Crippen molar-refractivity contribution in [1.82, 2.24) is 0 Å². The Hall–Kier alpha value is -2.04. The highest BCUT2D eigenvalue weighted by molar-refractivity contribution is 5.78. The van der Waals surface area contributed by atoms with Gasteiger partial charge in [0.05, 0.1) is 18.8 Å². The summed E-state index contributed by atoms with van der Waals surface area (Å²) in [6.45, 7) is 11.8. The second-order valence-corrected chi connectivity index (χ2v) is 14.0. The van der Waals surface area contributed by atoms with Crippen LogP contribution in [0.25, 0.3) is 0 Å². The molecule has 2 spiro atoms. The van der Waals surface area contributed by atoms with Gasteiger partial charge in [0.25, 0.3) is 0 Å². The van der Waals surface area contributed by atoms with Crippen LogP contribution in [0, 0.1) is 17.8 Å². The predicted molar refractivity (Wildman–Crippen MR) is 157 cm³/mol. The van der Waals surface area contributed by atoms with Crippen molar-refractivity contribution in [2.45, 2.75) is 140 Å². The SMILES string of the molecule is CC[C@H]1O[C@]2(CC[C@@H]1C)C[C@@H]1C[C@@H](C/C=C(/C)C[C@@H](C)C=C[C@@H]3O[C@]34CO[C@@H]3[C@H](OC(C)=O)C(C)=C[C@@H](C(=O)O1)[C@@]34O)O2. The van der Waals surface area contributed by atoms with Crippen molar-refractivity contribution in [1.29, 1.82) is 0 Å². The lowest BCUT2D eigenvalue weighted by molar-refractivity contribution is -0.335. The zero-order valence-corrected chi connectivity index (χ0v) is 26.4. The lowest BCUT2D eigenvalue weighted by Crippen LogP contribution is -2.64. The molecule has 4 saturated heterocycles. The minimum atomic E-state index is -1.79. The molecule has 9 heteroatoms. The summed E-state index contributed by atoms with van der Waals surface area (Å²) in [4.78, 5) is 26.2. The Kier molecular flexibility index (Phi) is 8.20. The molecule has 0 saturated carbocycles. The Balaban J connectivity index is 1.37. The van der Waals surface area contributed by atoms with E-state index in [9.17, 15) is 14.7 Å². The number of carbonyl (C=O) groups is 2. The van der Waals surface area contributed by atoms with Crippen molar-refractivity contribution >= 4 is 11.9 Å². The number of rotatable bonds is 2. The van der Waals surface area contributed by atoms with Crippen LogP contribution in [-0.2, 0) is 38.0 Å². The summed E-state index contributed by atoms with van der Waals surface area (Å²) in [6, 6.07) is 0. The van der Waals surface area contributed by atoms with Gasteiger partial charge in [0, 0.05) is 26.2 Å². The zero-order chi connectivity index (χ0) is 30.7. The molecule has 0 radical (unpaired) electrons. The van der Waals surface area contributed by atoms with Gasteiger partial charge in [0.2, 0.25) is 0 Å². The van der Waals surface area contributed by atoms with Crippen molar-refractivity contribution in [3.8, 4) is 0 Å². The monoisotopic (exact) mass is 600 g/mol. The third-order valence-corrected chi connectivity index (χ3v) is 10.6. The third kappa shape index (κ3) is 5.43. The molecule has 0 amide bonds. The molecule has 0 aromatic rings. The van der Waals surface area contributed by atoms with Crippen LogP contribution in [0.5, 0.6) is 0 Å². The Morgan fingerprint density at radius 3 is 2.67 bits per heavy atom. The maximum Gasteiger partial charge on any atom is 0.316 e. The average Bonchev–Trinajstić information content (AvgIpc) is 3.59. The van der Waals surface area contributed by atoms with Gasteiger partial charge in [-0.1, -0.05) is 50.6 Å². The van der Waals surface area contributed by atoms with Gasteiger partial charge in [-0.05, 0) is 56.9 Å². The van der Waals surface area contributed by atoms with E-state index in [4.69, 9.17) is 28.4 Å². The minimum absolute atomic E-state index is 0.0754. The number of hydrogen-bond acceptors (Lipinski definition) is 9. The predicted octanol–water partition coefficient (Wildman–Crippen LogP) is 4.71. The fourth-order valence-electron chi connectivity index (χ4n) is 8.27. The first-order valence-corrected chi connectivity index (χ1v) is 16.2. The summed E-state index contributed by atoms with van der Waals surface area (Å²) in [5.41, 5.74) is -1.04. The number of carbonyl (C=O) groups excluding carboxylic acids is 2. The van der Waals surface area contributed by atoms with E-state index in [1.807, 2.05) is 6.08 Å². The highest BCUT2D eigenvalue weighted by Gasteiger charge is 2.80. The van der Waals surface area contributed by atoms with Crippen LogP contribution in [-0.4, -0.2) is 77.3 Å². The van der Waals surface area contributed by atoms with Crippen molar-refractivity contribution in [2.75, 3.05) is 6.61 Å². The lowest BCUT2D eigenvalue weighted by atomic mass is 9.67. The summed E-state index contributed by atoms with van der Waals surface area (Å²) in [6.07, 6.45) is 10.4. The van der Waals surface area contributed by atoms with Crippen LogP contribution in [0.4, 0.5) is 0 Å². The van der Waals surface area contributed by atoms with E-state index in [0.717, 1.165) is 25.7 Å². The van der Waals surface area contributed by atoms with Crippen molar-refractivity contribution in [3.05, 3.63) is 35.5 Å². The number of fused-ring (bicyclic) bond motifs is 2. The minimum Gasteiger partial charge on any atom is -0.462 e. The van der Waals surface area contributed by atoms with Gasteiger partial charge in [-0.15, -0.1) is 0 Å². The molecule has 6 rings (SSSR count). The van der Waals surface area contributed by atoms with Gasteiger partial charge < -0.3 is 33.5 Å². The summed E-state index contributed by atoms with van der Waals surface area (Å²) in [5, 5.41) is 12.6. The molecule has 5 aliphatic heterocycles. The van der Waals surface area contributed by atoms with Crippen LogP contribution >= 0.6 is 0 Å². The summed E-state index contributed by atoms with van der Waals surface area (Å²) in [7, 11) is 0. The number of hydrogen-bond donors (Lipinski definition) is 1. The molecule has 2 bridgehead atoms. The first-order chi connectivity index (χ1) is 20.4. The highest BCUT2D eigenvalue weighted by Crippen LogP contribution is 2.59. The van der Waals surface area contributed by atoms with Gasteiger partial charge in [-0.2, -0.15) is 0 Å². The van der Waals surface area contributed by atoms with Crippen molar-refractivity contribution in [2.24, 2.45) is 17.8 Å². The second kappa shape index (κ2) is 11.4. The molecule has 0 aromatic carbocycles. The van der Waals surface area contributed by atoms with E-state index in [-0.39, 0.29) is 24.7 Å². The molecular formula is C34H48O9.